The van der Waals surface area contributed by atoms with Gasteiger partial charge < -0.3 is 9.84 Å². The van der Waals surface area contributed by atoms with Crippen LogP contribution in [0.15, 0.2) is 15.2 Å². The van der Waals surface area contributed by atoms with E-state index < -0.39 is 6.10 Å². The van der Waals surface area contributed by atoms with Crippen molar-refractivity contribution in [3.05, 3.63) is 20.8 Å². The van der Waals surface area contributed by atoms with E-state index in [2.05, 4.69) is 15.9 Å². The van der Waals surface area contributed by atoms with E-state index in [1.807, 2.05) is 10.8 Å². The summed E-state index contributed by atoms with van der Waals surface area (Å²) in [6.45, 7) is 0.343. The van der Waals surface area contributed by atoms with Crippen molar-refractivity contribution in [3.63, 3.8) is 0 Å². The molecule has 0 aliphatic heterocycles. The van der Waals surface area contributed by atoms with Gasteiger partial charge in [-0.2, -0.15) is 11.3 Å². The summed E-state index contributed by atoms with van der Waals surface area (Å²) in [5.74, 6) is 0. The number of halogens is 1. The highest BCUT2D eigenvalue weighted by molar-refractivity contribution is 9.10. The summed E-state index contributed by atoms with van der Waals surface area (Å²) in [6.07, 6.45) is -0.513. The van der Waals surface area contributed by atoms with Crippen molar-refractivity contribution >= 4 is 27.3 Å². The monoisotopic (exact) mass is 236 g/mol. The van der Waals surface area contributed by atoms with Crippen LogP contribution in [0.25, 0.3) is 0 Å². The fourth-order valence-electron chi connectivity index (χ4n) is 0.777. The van der Waals surface area contributed by atoms with E-state index >= 15 is 0 Å². The van der Waals surface area contributed by atoms with Gasteiger partial charge in [-0.25, -0.2) is 0 Å². The Morgan fingerprint density at radius 2 is 2.45 bits per heavy atom. The molecule has 1 unspecified atom stereocenters. The van der Waals surface area contributed by atoms with Gasteiger partial charge in [0.1, 0.15) is 6.10 Å². The second-order valence-electron chi connectivity index (χ2n) is 2.15. The van der Waals surface area contributed by atoms with Crippen molar-refractivity contribution in [3.8, 4) is 0 Å². The van der Waals surface area contributed by atoms with E-state index in [9.17, 15) is 5.11 Å². The molecule has 0 fully saturated rings. The maximum absolute atomic E-state index is 9.44. The van der Waals surface area contributed by atoms with Crippen molar-refractivity contribution in [1.29, 1.82) is 0 Å². The quantitative estimate of drug-likeness (QED) is 0.873. The molecule has 1 heterocycles. The van der Waals surface area contributed by atoms with E-state index in [0.717, 1.165) is 10.0 Å². The second-order valence-corrected chi connectivity index (χ2v) is 3.74. The molecule has 0 aromatic carbocycles. The number of thiophene rings is 1. The molecule has 0 aliphatic carbocycles. The smallest absolute Gasteiger partial charge is 0.104 e. The Bertz CT molecular complexity index is 224. The van der Waals surface area contributed by atoms with Crippen LogP contribution in [-0.2, 0) is 4.74 Å². The van der Waals surface area contributed by atoms with Crippen LogP contribution in [0.5, 0.6) is 0 Å². The summed E-state index contributed by atoms with van der Waals surface area (Å²) in [6, 6.07) is 0. The van der Waals surface area contributed by atoms with Crippen LogP contribution in [0.3, 0.4) is 0 Å². The molecule has 1 rings (SSSR count). The zero-order chi connectivity index (χ0) is 8.27. The average molecular weight is 237 g/mol. The van der Waals surface area contributed by atoms with Gasteiger partial charge in [-0.15, -0.1) is 0 Å². The average Bonchev–Trinajstić information content (AvgIpc) is 2.36. The topological polar surface area (TPSA) is 29.5 Å². The fourth-order valence-corrected chi connectivity index (χ4v) is 2.38. The van der Waals surface area contributed by atoms with Gasteiger partial charge in [0, 0.05) is 22.5 Å². The van der Waals surface area contributed by atoms with Gasteiger partial charge in [0.25, 0.3) is 0 Å². The molecule has 2 nitrogen and oxygen atoms in total. The summed E-state index contributed by atoms with van der Waals surface area (Å²) in [5, 5.41) is 13.3. The molecule has 1 aromatic heterocycles. The third kappa shape index (κ3) is 2.27. The minimum atomic E-state index is -0.513. The molecule has 0 radical (unpaired) electrons. The molecule has 0 saturated carbocycles. The normalized spacial score (nSPS) is 13.4. The van der Waals surface area contributed by atoms with Gasteiger partial charge in [0.2, 0.25) is 0 Å². The number of aliphatic hydroxyl groups excluding tert-OH is 1. The van der Waals surface area contributed by atoms with Crippen LogP contribution in [0.4, 0.5) is 0 Å². The van der Waals surface area contributed by atoms with E-state index in [4.69, 9.17) is 4.74 Å². The van der Waals surface area contributed by atoms with Crippen molar-refractivity contribution in [1.82, 2.24) is 0 Å². The Labute approximate surface area is 77.9 Å². The van der Waals surface area contributed by atoms with Gasteiger partial charge in [-0.3, -0.25) is 0 Å². The van der Waals surface area contributed by atoms with Gasteiger partial charge >= 0.3 is 0 Å². The standard InChI is InChI=1S/C7H9BrO2S/c1-10-2-7(9)5-3-11-4-6(5)8/h3-4,7,9H,2H2,1H3. The van der Waals surface area contributed by atoms with Crippen molar-refractivity contribution < 1.29 is 9.84 Å². The minimum Gasteiger partial charge on any atom is -0.386 e. The van der Waals surface area contributed by atoms with Crippen molar-refractivity contribution in [2.45, 2.75) is 6.10 Å². The lowest BCUT2D eigenvalue weighted by Gasteiger charge is -2.07. The molecule has 1 N–H and O–H groups in total. The highest BCUT2D eigenvalue weighted by Crippen LogP contribution is 2.27. The number of methoxy groups -OCH3 is 1. The molecule has 1 atom stereocenters. The SMILES string of the molecule is COCC(O)c1cscc1Br. The lowest BCUT2D eigenvalue weighted by Crippen LogP contribution is -2.03. The maximum Gasteiger partial charge on any atom is 0.104 e. The van der Waals surface area contributed by atoms with Crippen LogP contribution >= 0.6 is 27.3 Å². The molecule has 1 aromatic rings. The Kier molecular flexibility index (Phi) is 3.51. The number of hydrogen-bond acceptors (Lipinski definition) is 3. The largest absolute Gasteiger partial charge is 0.386 e. The molecule has 0 amide bonds. The number of rotatable bonds is 3. The first-order valence-electron chi connectivity index (χ1n) is 3.14. The molecule has 0 aliphatic rings. The molecule has 0 saturated heterocycles. The van der Waals surface area contributed by atoms with Crippen LogP contribution in [0.2, 0.25) is 0 Å². The third-order valence-electron chi connectivity index (χ3n) is 1.33. The zero-order valence-corrected chi connectivity index (χ0v) is 8.48. The number of ether oxygens (including phenoxy) is 1. The Hall–Kier alpha value is 0.100. The Balaban J connectivity index is 2.67. The molecular formula is C7H9BrO2S. The molecule has 62 valence electrons. The Morgan fingerprint density at radius 3 is 2.91 bits per heavy atom. The summed E-state index contributed by atoms with van der Waals surface area (Å²) in [4.78, 5) is 0. The summed E-state index contributed by atoms with van der Waals surface area (Å²) < 4.78 is 5.77. The predicted octanol–water partition coefficient (Wildman–Crippen LogP) is 2.19. The molecule has 0 bridgehead atoms. The van der Waals surface area contributed by atoms with E-state index in [1.165, 1.54) is 0 Å². The third-order valence-corrected chi connectivity index (χ3v) is 3.08. The molecular weight excluding hydrogens is 228 g/mol. The van der Waals surface area contributed by atoms with Crippen molar-refractivity contribution in [2.75, 3.05) is 13.7 Å². The highest BCUT2D eigenvalue weighted by atomic mass is 79.9. The van der Waals surface area contributed by atoms with Gasteiger partial charge in [0.05, 0.1) is 6.61 Å². The van der Waals surface area contributed by atoms with Gasteiger partial charge in [0.15, 0.2) is 0 Å². The predicted molar refractivity (Wildman–Crippen MR) is 48.9 cm³/mol. The second kappa shape index (κ2) is 4.21. The van der Waals surface area contributed by atoms with Gasteiger partial charge in [-0.05, 0) is 21.3 Å². The van der Waals surface area contributed by atoms with Gasteiger partial charge in [-0.1, -0.05) is 0 Å². The van der Waals surface area contributed by atoms with E-state index in [0.29, 0.717) is 6.61 Å². The lowest BCUT2D eigenvalue weighted by atomic mass is 10.2. The van der Waals surface area contributed by atoms with E-state index in [-0.39, 0.29) is 0 Å². The fraction of sp³-hybridized carbons (Fsp3) is 0.429. The van der Waals surface area contributed by atoms with E-state index in [1.54, 1.807) is 18.4 Å². The Morgan fingerprint density at radius 1 is 1.73 bits per heavy atom. The first-order chi connectivity index (χ1) is 5.25. The summed E-state index contributed by atoms with van der Waals surface area (Å²) in [7, 11) is 1.57. The van der Waals surface area contributed by atoms with Crippen LogP contribution in [-0.4, -0.2) is 18.8 Å². The van der Waals surface area contributed by atoms with Crippen LogP contribution in [0.1, 0.15) is 11.7 Å². The van der Waals surface area contributed by atoms with Crippen LogP contribution < -0.4 is 0 Å². The lowest BCUT2D eigenvalue weighted by molar-refractivity contribution is 0.0642. The highest BCUT2D eigenvalue weighted by Gasteiger charge is 2.10. The number of hydrogen-bond donors (Lipinski definition) is 1. The van der Waals surface area contributed by atoms with Crippen molar-refractivity contribution in [2.24, 2.45) is 0 Å². The zero-order valence-electron chi connectivity index (χ0n) is 6.08. The maximum atomic E-state index is 9.44. The molecule has 4 heteroatoms. The minimum absolute atomic E-state index is 0.343. The molecule has 11 heavy (non-hydrogen) atoms. The first-order valence-corrected chi connectivity index (χ1v) is 4.88. The summed E-state index contributed by atoms with van der Waals surface area (Å²) in [5.41, 5.74) is 0.900. The molecule has 0 spiro atoms. The number of aliphatic hydroxyl groups is 1. The van der Waals surface area contributed by atoms with Crippen LogP contribution in [0, 0.1) is 0 Å². The summed E-state index contributed by atoms with van der Waals surface area (Å²) >= 11 is 4.89. The first kappa shape index (κ1) is 9.19.